The van der Waals surface area contributed by atoms with Gasteiger partial charge in [-0.3, -0.25) is 9.69 Å². The summed E-state index contributed by atoms with van der Waals surface area (Å²) in [5, 5.41) is 1.24. The smallest absolute Gasteiger partial charge is 0.260 e. The van der Waals surface area contributed by atoms with Gasteiger partial charge < -0.3 is 9.64 Å². The van der Waals surface area contributed by atoms with E-state index < -0.39 is 0 Å². The molecule has 3 rings (SSSR count). The molecule has 154 valence electrons. The van der Waals surface area contributed by atoms with Crippen molar-refractivity contribution in [1.82, 2.24) is 9.88 Å². The molecule has 1 aromatic heterocycles. The van der Waals surface area contributed by atoms with Crippen molar-refractivity contribution in [3.8, 4) is 5.75 Å². The van der Waals surface area contributed by atoms with E-state index >= 15 is 0 Å². The number of benzene rings is 2. The number of hydrogen-bond donors (Lipinski definition) is 0. The number of anilines is 1. The van der Waals surface area contributed by atoms with Gasteiger partial charge in [-0.1, -0.05) is 55.0 Å². The maximum Gasteiger partial charge on any atom is 0.260 e. The summed E-state index contributed by atoms with van der Waals surface area (Å²) in [5.41, 5.74) is 2.32. The molecule has 0 bridgehead atoms. The molecule has 0 fully saturated rings. The minimum Gasteiger partial charge on any atom is -0.494 e. The van der Waals surface area contributed by atoms with Crippen LogP contribution in [-0.4, -0.2) is 49.1 Å². The lowest BCUT2D eigenvalue weighted by Gasteiger charge is -2.25. The van der Waals surface area contributed by atoms with Gasteiger partial charge in [-0.2, -0.15) is 0 Å². The SMILES string of the molecule is CCN(CC)CCN(C(=O)c1ccccc1C)c1nc2c(OC)ccc(Cl)c2s1. The van der Waals surface area contributed by atoms with E-state index in [2.05, 4.69) is 18.7 Å². The zero-order chi connectivity index (χ0) is 21.0. The van der Waals surface area contributed by atoms with Gasteiger partial charge in [-0.15, -0.1) is 0 Å². The van der Waals surface area contributed by atoms with E-state index in [0.29, 0.717) is 33.5 Å². The average Bonchev–Trinajstić information content (AvgIpc) is 3.17. The lowest BCUT2D eigenvalue weighted by Crippen LogP contribution is -2.39. The van der Waals surface area contributed by atoms with E-state index in [1.807, 2.05) is 31.2 Å². The van der Waals surface area contributed by atoms with Gasteiger partial charge in [-0.05, 0) is 43.8 Å². The maximum absolute atomic E-state index is 13.5. The molecule has 0 radical (unpaired) electrons. The fourth-order valence-electron chi connectivity index (χ4n) is 3.24. The number of amides is 1. The van der Waals surface area contributed by atoms with Crippen LogP contribution in [0.1, 0.15) is 29.8 Å². The van der Waals surface area contributed by atoms with E-state index in [9.17, 15) is 4.79 Å². The minimum atomic E-state index is -0.0515. The van der Waals surface area contributed by atoms with Gasteiger partial charge in [-0.25, -0.2) is 4.98 Å². The third kappa shape index (κ3) is 4.55. The summed E-state index contributed by atoms with van der Waals surface area (Å²) >= 11 is 7.82. The van der Waals surface area contributed by atoms with Gasteiger partial charge in [0.15, 0.2) is 5.13 Å². The van der Waals surface area contributed by atoms with E-state index in [1.165, 1.54) is 11.3 Å². The normalized spacial score (nSPS) is 11.2. The van der Waals surface area contributed by atoms with Gasteiger partial charge in [0, 0.05) is 18.7 Å². The van der Waals surface area contributed by atoms with E-state index in [1.54, 1.807) is 24.1 Å². The Labute approximate surface area is 180 Å². The molecular weight excluding hydrogens is 406 g/mol. The molecule has 7 heteroatoms. The summed E-state index contributed by atoms with van der Waals surface area (Å²) in [4.78, 5) is 22.3. The van der Waals surface area contributed by atoms with Crippen LogP contribution in [0.15, 0.2) is 36.4 Å². The predicted molar refractivity (Wildman–Crippen MR) is 122 cm³/mol. The van der Waals surface area contributed by atoms with Gasteiger partial charge in [0.05, 0.1) is 16.8 Å². The number of carbonyl (C=O) groups is 1. The molecule has 0 saturated heterocycles. The second-order valence-corrected chi connectivity index (χ2v) is 8.11. The average molecular weight is 432 g/mol. The number of hydrogen-bond acceptors (Lipinski definition) is 5. The van der Waals surface area contributed by atoms with Crippen LogP contribution in [0.2, 0.25) is 5.02 Å². The minimum absolute atomic E-state index is 0.0515. The van der Waals surface area contributed by atoms with Crippen LogP contribution in [0.25, 0.3) is 10.2 Å². The van der Waals surface area contributed by atoms with E-state index in [0.717, 1.165) is 29.9 Å². The van der Waals surface area contributed by atoms with Crippen molar-refractivity contribution in [2.75, 3.05) is 38.2 Å². The van der Waals surface area contributed by atoms with Crippen LogP contribution in [0, 0.1) is 6.92 Å². The number of ether oxygens (including phenoxy) is 1. The number of nitrogens with zero attached hydrogens (tertiary/aromatic N) is 3. The van der Waals surface area contributed by atoms with E-state index in [-0.39, 0.29) is 5.91 Å². The van der Waals surface area contributed by atoms with Crippen LogP contribution < -0.4 is 9.64 Å². The Morgan fingerprint density at radius 2 is 1.86 bits per heavy atom. The Hall–Kier alpha value is -2.15. The monoisotopic (exact) mass is 431 g/mol. The highest BCUT2D eigenvalue weighted by Crippen LogP contribution is 2.39. The van der Waals surface area contributed by atoms with Gasteiger partial charge >= 0.3 is 0 Å². The van der Waals surface area contributed by atoms with Gasteiger partial charge in [0.2, 0.25) is 0 Å². The molecule has 0 N–H and O–H groups in total. The summed E-state index contributed by atoms with van der Waals surface area (Å²) in [7, 11) is 1.61. The highest BCUT2D eigenvalue weighted by Gasteiger charge is 2.24. The quantitative estimate of drug-likeness (QED) is 0.488. The van der Waals surface area contributed by atoms with Crippen LogP contribution in [0.4, 0.5) is 5.13 Å². The fraction of sp³-hybridized carbons (Fsp3) is 0.364. The van der Waals surface area contributed by atoms with Crippen LogP contribution in [0.5, 0.6) is 5.75 Å². The molecule has 0 atom stereocenters. The van der Waals surface area contributed by atoms with Gasteiger partial charge in [0.1, 0.15) is 11.3 Å². The number of carbonyl (C=O) groups excluding carboxylic acids is 1. The Balaban J connectivity index is 2.05. The van der Waals surface area contributed by atoms with E-state index in [4.69, 9.17) is 21.3 Å². The maximum atomic E-state index is 13.5. The summed E-state index contributed by atoms with van der Waals surface area (Å²) < 4.78 is 6.27. The Bertz CT molecular complexity index is 1000. The number of likely N-dealkylation sites (N-methyl/N-ethyl adjacent to an activating group) is 1. The Morgan fingerprint density at radius 3 is 2.52 bits per heavy atom. The third-order valence-electron chi connectivity index (χ3n) is 5.05. The number of aromatic nitrogens is 1. The van der Waals surface area contributed by atoms with Crippen molar-refractivity contribution >= 4 is 44.2 Å². The molecule has 0 aliphatic rings. The summed E-state index contributed by atoms with van der Waals surface area (Å²) in [5.74, 6) is 0.600. The molecule has 0 aliphatic carbocycles. The molecule has 1 amide bonds. The largest absolute Gasteiger partial charge is 0.494 e. The zero-order valence-corrected chi connectivity index (χ0v) is 18.8. The molecule has 3 aromatic rings. The first kappa shape index (κ1) is 21.6. The molecular formula is C22H26ClN3O2S. The molecule has 0 unspecified atom stereocenters. The van der Waals surface area contributed by atoms with Gasteiger partial charge in [0.25, 0.3) is 5.91 Å². The number of methoxy groups -OCH3 is 1. The first-order chi connectivity index (χ1) is 14.0. The van der Waals surface area contributed by atoms with Crippen molar-refractivity contribution in [2.24, 2.45) is 0 Å². The summed E-state index contributed by atoms with van der Waals surface area (Å²) in [6, 6.07) is 11.2. The summed E-state index contributed by atoms with van der Waals surface area (Å²) in [6.45, 7) is 9.39. The number of rotatable bonds is 8. The predicted octanol–water partition coefficient (Wildman–Crippen LogP) is 5.26. The molecule has 0 aliphatic heterocycles. The number of thiazole rings is 1. The molecule has 29 heavy (non-hydrogen) atoms. The van der Waals surface area contributed by atoms with Crippen LogP contribution >= 0.6 is 22.9 Å². The molecule has 2 aromatic carbocycles. The molecule has 5 nitrogen and oxygen atoms in total. The number of fused-ring (bicyclic) bond motifs is 1. The van der Waals surface area contributed by atoms with Crippen molar-refractivity contribution in [3.05, 3.63) is 52.5 Å². The summed E-state index contributed by atoms with van der Waals surface area (Å²) in [6.07, 6.45) is 0. The lowest BCUT2D eigenvalue weighted by molar-refractivity contribution is 0.0983. The van der Waals surface area contributed by atoms with Crippen LogP contribution in [-0.2, 0) is 0 Å². The second-order valence-electron chi connectivity index (χ2n) is 6.72. The third-order valence-corrected chi connectivity index (χ3v) is 6.59. The highest BCUT2D eigenvalue weighted by molar-refractivity contribution is 7.23. The highest BCUT2D eigenvalue weighted by atomic mass is 35.5. The molecule has 1 heterocycles. The van der Waals surface area contributed by atoms with Crippen molar-refractivity contribution in [1.29, 1.82) is 0 Å². The van der Waals surface area contributed by atoms with Crippen molar-refractivity contribution in [2.45, 2.75) is 20.8 Å². The first-order valence-electron chi connectivity index (χ1n) is 9.73. The van der Waals surface area contributed by atoms with Crippen molar-refractivity contribution in [3.63, 3.8) is 0 Å². The number of aryl methyl sites for hydroxylation is 1. The topological polar surface area (TPSA) is 45.7 Å². The Kier molecular flexibility index (Phi) is 7.11. The zero-order valence-electron chi connectivity index (χ0n) is 17.2. The second kappa shape index (κ2) is 9.57. The molecule has 0 spiro atoms. The first-order valence-corrected chi connectivity index (χ1v) is 10.9. The number of halogens is 1. The fourth-order valence-corrected chi connectivity index (χ4v) is 4.53. The standard InChI is InChI=1S/C22H26ClN3O2S/c1-5-25(6-2)13-14-26(21(27)16-10-8-7-9-15(16)3)22-24-19-18(28-4)12-11-17(23)20(19)29-22/h7-12H,5-6,13-14H2,1-4H3. The van der Waals surface area contributed by atoms with Crippen LogP contribution in [0.3, 0.4) is 0 Å². The Morgan fingerprint density at radius 1 is 1.14 bits per heavy atom. The lowest BCUT2D eigenvalue weighted by atomic mass is 10.1. The van der Waals surface area contributed by atoms with Crippen molar-refractivity contribution < 1.29 is 9.53 Å². The molecule has 0 saturated carbocycles.